The molecule has 0 spiro atoms. The van der Waals surface area contributed by atoms with Crippen LogP contribution >= 0.6 is 15.9 Å². The lowest BCUT2D eigenvalue weighted by molar-refractivity contribution is 0.0741. The van der Waals surface area contributed by atoms with Crippen molar-refractivity contribution in [2.75, 3.05) is 13.3 Å². The molecule has 24 heavy (non-hydrogen) atoms. The third kappa shape index (κ3) is 4.02. The first-order chi connectivity index (χ1) is 11.1. The molecule has 4 nitrogen and oxygen atoms in total. The van der Waals surface area contributed by atoms with E-state index >= 15 is 0 Å². The lowest BCUT2D eigenvalue weighted by Crippen LogP contribution is -2.30. The molecule has 7 heteroatoms. The van der Waals surface area contributed by atoms with Gasteiger partial charge in [0.2, 0.25) is 0 Å². The standard InChI is InChI=1S/C17H17BrFNO3S/c1-11(12-4-7-14(8-5-12)24(3,22)23)20(2)17(21)15-10-13(19)6-9-16(15)18/h4-11H,1-3H3/t11-/m1/s1. The van der Waals surface area contributed by atoms with E-state index in [9.17, 15) is 17.6 Å². The molecule has 0 aliphatic rings. The predicted molar refractivity (Wildman–Crippen MR) is 94.2 cm³/mol. The Balaban J connectivity index is 2.27. The molecule has 0 bridgehead atoms. The second kappa shape index (κ2) is 7.03. The lowest BCUT2D eigenvalue weighted by atomic mass is 10.1. The highest BCUT2D eigenvalue weighted by Crippen LogP contribution is 2.25. The SMILES string of the molecule is C[C@H](c1ccc(S(C)(=O)=O)cc1)N(C)C(=O)c1cc(F)ccc1Br. The molecule has 0 fully saturated rings. The lowest BCUT2D eigenvalue weighted by Gasteiger charge is -2.26. The van der Waals surface area contributed by atoms with Crippen LogP contribution in [0.1, 0.15) is 28.9 Å². The normalized spacial score (nSPS) is 12.7. The summed E-state index contributed by atoms with van der Waals surface area (Å²) < 4.78 is 36.9. The van der Waals surface area contributed by atoms with Gasteiger partial charge in [-0.2, -0.15) is 0 Å². The van der Waals surface area contributed by atoms with Gasteiger partial charge in [0.05, 0.1) is 16.5 Å². The number of sulfone groups is 1. The monoisotopic (exact) mass is 413 g/mol. The Bertz CT molecular complexity index is 866. The van der Waals surface area contributed by atoms with Crippen LogP contribution in [0.5, 0.6) is 0 Å². The summed E-state index contributed by atoms with van der Waals surface area (Å²) in [6.07, 6.45) is 1.14. The zero-order valence-corrected chi connectivity index (χ0v) is 15.9. The fourth-order valence-corrected chi connectivity index (χ4v) is 3.29. The third-order valence-corrected chi connectivity index (χ3v) is 5.67. The van der Waals surface area contributed by atoms with E-state index in [-0.39, 0.29) is 22.4 Å². The fraction of sp³-hybridized carbons (Fsp3) is 0.235. The van der Waals surface area contributed by atoms with Crippen molar-refractivity contribution in [2.45, 2.75) is 17.9 Å². The smallest absolute Gasteiger partial charge is 0.255 e. The third-order valence-electron chi connectivity index (χ3n) is 3.85. The van der Waals surface area contributed by atoms with Crippen LogP contribution in [-0.2, 0) is 9.84 Å². The van der Waals surface area contributed by atoms with Gasteiger partial charge in [-0.15, -0.1) is 0 Å². The second-order valence-electron chi connectivity index (χ2n) is 5.56. The summed E-state index contributed by atoms with van der Waals surface area (Å²) in [6.45, 7) is 1.82. The predicted octanol–water partition coefficient (Wildman–Crippen LogP) is 3.82. The minimum Gasteiger partial charge on any atom is -0.335 e. The quantitative estimate of drug-likeness (QED) is 0.765. The van der Waals surface area contributed by atoms with Crippen molar-refractivity contribution in [2.24, 2.45) is 0 Å². The number of benzene rings is 2. The van der Waals surface area contributed by atoms with Crippen molar-refractivity contribution in [3.05, 3.63) is 63.9 Å². The molecule has 2 aromatic rings. The number of amides is 1. The first-order valence-corrected chi connectivity index (χ1v) is 9.82. The van der Waals surface area contributed by atoms with Crippen LogP contribution in [0.4, 0.5) is 4.39 Å². The summed E-state index contributed by atoms with van der Waals surface area (Å²) in [6, 6.07) is 10.0. The Morgan fingerprint density at radius 2 is 1.75 bits per heavy atom. The van der Waals surface area contributed by atoms with E-state index in [0.29, 0.717) is 4.47 Å². The largest absolute Gasteiger partial charge is 0.335 e. The van der Waals surface area contributed by atoms with Gasteiger partial charge in [0.1, 0.15) is 5.82 Å². The Kier molecular flexibility index (Phi) is 5.45. The topological polar surface area (TPSA) is 54.5 Å². The summed E-state index contributed by atoms with van der Waals surface area (Å²) in [5, 5.41) is 0. The number of nitrogens with zero attached hydrogens (tertiary/aromatic N) is 1. The highest BCUT2D eigenvalue weighted by atomic mass is 79.9. The van der Waals surface area contributed by atoms with Gasteiger partial charge >= 0.3 is 0 Å². The maximum Gasteiger partial charge on any atom is 0.255 e. The van der Waals surface area contributed by atoms with Gasteiger partial charge in [-0.3, -0.25) is 4.79 Å². The highest BCUT2D eigenvalue weighted by Gasteiger charge is 2.21. The molecule has 1 amide bonds. The van der Waals surface area contributed by atoms with Gasteiger partial charge in [0.25, 0.3) is 5.91 Å². The van der Waals surface area contributed by atoms with Gasteiger partial charge in [-0.1, -0.05) is 12.1 Å². The molecule has 1 atom stereocenters. The molecule has 2 rings (SSSR count). The van der Waals surface area contributed by atoms with Crippen LogP contribution in [0.15, 0.2) is 51.8 Å². The molecule has 0 aromatic heterocycles. The van der Waals surface area contributed by atoms with Crippen molar-refractivity contribution in [1.82, 2.24) is 4.90 Å². The number of rotatable bonds is 4. The Labute approximate surface area is 149 Å². The summed E-state index contributed by atoms with van der Waals surface area (Å²) in [4.78, 5) is 14.3. The number of carbonyl (C=O) groups excluding carboxylic acids is 1. The van der Waals surface area contributed by atoms with Crippen molar-refractivity contribution in [3.8, 4) is 0 Å². The maximum absolute atomic E-state index is 13.4. The molecule has 0 saturated carbocycles. The molecule has 0 heterocycles. The van der Waals surface area contributed by atoms with Gasteiger partial charge in [-0.25, -0.2) is 12.8 Å². The molecular weight excluding hydrogens is 397 g/mol. The molecule has 0 N–H and O–H groups in total. The van der Waals surface area contributed by atoms with Gasteiger partial charge < -0.3 is 4.90 Å². The number of hydrogen-bond donors (Lipinski definition) is 0. The van der Waals surface area contributed by atoms with Crippen molar-refractivity contribution >= 4 is 31.7 Å². The minimum atomic E-state index is -3.26. The van der Waals surface area contributed by atoms with E-state index in [4.69, 9.17) is 0 Å². The second-order valence-corrected chi connectivity index (χ2v) is 8.43. The molecule has 0 unspecified atom stereocenters. The van der Waals surface area contributed by atoms with E-state index in [1.807, 2.05) is 6.92 Å². The molecule has 0 aliphatic carbocycles. The molecule has 2 aromatic carbocycles. The molecular formula is C17H17BrFNO3S. The van der Waals surface area contributed by atoms with Crippen molar-refractivity contribution in [3.63, 3.8) is 0 Å². The molecule has 0 aliphatic heterocycles. The first kappa shape index (κ1) is 18.6. The van der Waals surface area contributed by atoms with Crippen LogP contribution < -0.4 is 0 Å². The minimum absolute atomic E-state index is 0.223. The molecule has 0 saturated heterocycles. The van der Waals surface area contributed by atoms with E-state index in [0.717, 1.165) is 11.8 Å². The molecule has 128 valence electrons. The van der Waals surface area contributed by atoms with Crippen LogP contribution in [0.25, 0.3) is 0 Å². The van der Waals surface area contributed by atoms with E-state index in [1.165, 1.54) is 35.2 Å². The highest BCUT2D eigenvalue weighted by molar-refractivity contribution is 9.10. The van der Waals surface area contributed by atoms with Gasteiger partial charge in [0.15, 0.2) is 9.84 Å². The van der Waals surface area contributed by atoms with Crippen molar-refractivity contribution in [1.29, 1.82) is 0 Å². The van der Waals surface area contributed by atoms with Crippen LogP contribution in [0.2, 0.25) is 0 Å². The van der Waals surface area contributed by atoms with Gasteiger partial charge in [-0.05, 0) is 58.7 Å². The summed E-state index contributed by atoms with van der Waals surface area (Å²) in [7, 11) is -1.64. The van der Waals surface area contributed by atoms with Gasteiger partial charge in [0, 0.05) is 17.8 Å². The summed E-state index contributed by atoms with van der Waals surface area (Å²) >= 11 is 3.26. The van der Waals surface area contributed by atoms with Crippen molar-refractivity contribution < 1.29 is 17.6 Å². The van der Waals surface area contributed by atoms with E-state index in [2.05, 4.69) is 15.9 Å². The number of hydrogen-bond acceptors (Lipinski definition) is 3. The Hall–Kier alpha value is -1.73. The Morgan fingerprint density at radius 3 is 2.29 bits per heavy atom. The summed E-state index contributed by atoms with van der Waals surface area (Å²) in [5.74, 6) is -0.818. The van der Waals surface area contributed by atoms with E-state index in [1.54, 1.807) is 19.2 Å². The maximum atomic E-state index is 13.4. The van der Waals surface area contributed by atoms with Crippen LogP contribution in [-0.4, -0.2) is 32.5 Å². The fourth-order valence-electron chi connectivity index (χ4n) is 2.24. The first-order valence-electron chi connectivity index (χ1n) is 7.13. The average molecular weight is 414 g/mol. The zero-order valence-electron chi connectivity index (χ0n) is 13.5. The summed E-state index contributed by atoms with van der Waals surface area (Å²) in [5.41, 5.74) is 1.02. The zero-order chi connectivity index (χ0) is 18.1. The van der Waals surface area contributed by atoms with Crippen LogP contribution in [0.3, 0.4) is 0 Å². The van der Waals surface area contributed by atoms with Crippen LogP contribution in [0, 0.1) is 5.82 Å². The van der Waals surface area contributed by atoms with E-state index < -0.39 is 15.7 Å². The Morgan fingerprint density at radius 1 is 1.17 bits per heavy atom. The molecule has 0 radical (unpaired) electrons. The number of halogens is 2. The average Bonchev–Trinajstić information content (AvgIpc) is 2.54. The number of carbonyl (C=O) groups is 1.